The number of carbonyl (C=O) groups is 1. The minimum absolute atomic E-state index is 0.0586. The summed E-state index contributed by atoms with van der Waals surface area (Å²) in [6.07, 6.45) is 0.544. The quantitative estimate of drug-likeness (QED) is 0.622. The van der Waals surface area contributed by atoms with Gasteiger partial charge in [0, 0.05) is 11.7 Å². The summed E-state index contributed by atoms with van der Waals surface area (Å²) in [7, 11) is 0. The summed E-state index contributed by atoms with van der Waals surface area (Å²) in [5, 5.41) is 8.91. The standard InChI is InChI=1S/C10H14N2O2/c1-6(11)4-7-2-3-8(12)5-9(7)10(13)14/h2-3,5-6H,4,11-12H2,1H3,(H,13,14)/t6-/m1/s1. The Morgan fingerprint density at radius 3 is 2.71 bits per heavy atom. The Bertz CT molecular complexity index is 348. The first-order chi connectivity index (χ1) is 6.50. The smallest absolute Gasteiger partial charge is 0.336 e. The molecule has 0 fully saturated rings. The van der Waals surface area contributed by atoms with E-state index in [1.165, 1.54) is 6.07 Å². The van der Waals surface area contributed by atoms with E-state index >= 15 is 0 Å². The lowest BCUT2D eigenvalue weighted by Crippen LogP contribution is -2.19. The first kappa shape index (κ1) is 10.5. The van der Waals surface area contributed by atoms with Crippen molar-refractivity contribution in [3.8, 4) is 0 Å². The molecule has 0 radical (unpaired) electrons. The Hall–Kier alpha value is -1.55. The van der Waals surface area contributed by atoms with Crippen LogP contribution in [0, 0.1) is 0 Å². The van der Waals surface area contributed by atoms with Gasteiger partial charge in [0.15, 0.2) is 0 Å². The van der Waals surface area contributed by atoms with Crippen molar-refractivity contribution in [2.45, 2.75) is 19.4 Å². The van der Waals surface area contributed by atoms with Crippen LogP contribution in [0.1, 0.15) is 22.8 Å². The van der Waals surface area contributed by atoms with Crippen molar-refractivity contribution < 1.29 is 9.90 Å². The Kier molecular flexibility index (Phi) is 3.09. The molecule has 0 aliphatic heterocycles. The molecule has 0 aromatic heterocycles. The van der Waals surface area contributed by atoms with Crippen molar-refractivity contribution in [3.05, 3.63) is 29.3 Å². The molecule has 0 saturated heterocycles. The molecule has 0 unspecified atom stereocenters. The van der Waals surface area contributed by atoms with Crippen LogP contribution in [-0.2, 0) is 6.42 Å². The molecule has 0 aliphatic carbocycles. The van der Waals surface area contributed by atoms with Crippen molar-refractivity contribution in [1.29, 1.82) is 0 Å². The van der Waals surface area contributed by atoms with Gasteiger partial charge in [-0.1, -0.05) is 6.07 Å². The van der Waals surface area contributed by atoms with E-state index in [9.17, 15) is 4.79 Å². The van der Waals surface area contributed by atoms with Gasteiger partial charge in [0.2, 0.25) is 0 Å². The number of carboxylic acids is 1. The number of anilines is 1. The first-order valence-corrected chi connectivity index (χ1v) is 4.38. The lowest BCUT2D eigenvalue weighted by atomic mass is 10.0. The van der Waals surface area contributed by atoms with Crippen LogP contribution in [0.2, 0.25) is 0 Å². The van der Waals surface area contributed by atoms with E-state index < -0.39 is 5.97 Å². The van der Waals surface area contributed by atoms with E-state index in [0.717, 1.165) is 5.56 Å². The minimum atomic E-state index is -0.965. The van der Waals surface area contributed by atoms with Crippen LogP contribution >= 0.6 is 0 Å². The van der Waals surface area contributed by atoms with Gasteiger partial charge >= 0.3 is 5.97 Å². The number of nitrogens with two attached hydrogens (primary N) is 2. The van der Waals surface area contributed by atoms with Gasteiger partial charge in [-0.15, -0.1) is 0 Å². The zero-order chi connectivity index (χ0) is 10.7. The van der Waals surface area contributed by atoms with Gasteiger partial charge in [-0.25, -0.2) is 4.79 Å². The van der Waals surface area contributed by atoms with Crippen LogP contribution in [0.4, 0.5) is 5.69 Å². The summed E-state index contributed by atoms with van der Waals surface area (Å²) in [6, 6.07) is 4.79. The van der Waals surface area contributed by atoms with E-state index in [4.69, 9.17) is 16.6 Å². The minimum Gasteiger partial charge on any atom is -0.478 e. The number of carboxylic acid groups (broad SMARTS) is 1. The average Bonchev–Trinajstić information content (AvgIpc) is 2.07. The van der Waals surface area contributed by atoms with Crippen LogP contribution in [-0.4, -0.2) is 17.1 Å². The number of rotatable bonds is 3. The van der Waals surface area contributed by atoms with Gasteiger partial charge in [0.05, 0.1) is 5.56 Å². The van der Waals surface area contributed by atoms with Crippen molar-refractivity contribution in [1.82, 2.24) is 0 Å². The van der Waals surface area contributed by atoms with Gasteiger partial charge in [-0.05, 0) is 31.0 Å². The fraction of sp³-hybridized carbons (Fsp3) is 0.300. The van der Waals surface area contributed by atoms with E-state index in [0.29, 0.717) is 12.1 Å². The lowest BCUT2D eigenvalue weighted by molar-refractivity contribution is 0.0695. The van der Waals surface area contributed by atoms with E-state index in [1.807, 2.05) is 6.92 Å². The summed E-state index contributed by atoms with van der Waals surface area (Å²) in [5.41, 5.74) is 12.5. The van der Waals surface area contributed by atoms with Crippen molar-refractivity contribution in [2.75, 3.05) is 5.73 Å². The van der Waals surface area contributed by atoms with Gasteiger partial charge in [0.25, 0.3) is 0 Å². The molecular formula is C10H14N2O2. The number of aromatic carboxylic acids is 1. The SMILES string of the molecule is C[C@@H](N)Cc1ccc(N)cc1C(=O)O. The Labute approximate surface area is 82.5 Å². The predicted molar refractivity (Wildman–Crippen MR) is 55.2 cm³/mol. The molecule has 0 saturated carbocycles. The summed E-state index contributed by atoms with van der Waals surface area (Å²) in [5.74, 6) is -0.965. The molecule has 0 aliphatic rings. The molecule has 1 aromatic rings. The zero-order valence-corrected chi connectivity index (χ0v) is 8.03. The molecule has 5 N–H and O–H groups in total. The predicted octanol–water partition coefficient (Wildman–Crippen LogP) is 0.857. The maximum Gasteiger partial charge on any atom is 0.336 e. The monoisotopic (exact) mass is 194 g/mol. The van der Waals surface area contributed by atoms with Gasteiger partial charge in [-0.2, -0.15) is 0 Å². The number of hydrogen-bond acceptors (Lipinski definition) is 3. The number of benzene rings is 1. The average molecular weight is 194 g/mol. The first-order valence-electron chi connectivity index (χ1n) is 4.38. The van der Waals surface area contributed by atoms with Crippen molar-refractivity contribution >= 4 is 11.7 Å². The number of hydrogen-bond donors (Lipinski definition) is 3. The van der Waals surface area contributed by atoms with Crippen LogP contribution in [0.3, 0.4) is 0 Å². The highest BCUT2D eigenvalue weighted by Gasteiger charge is 2.11. The molecule has 0 spiro atoms. The fourth-order valence-electron chi connectivity index (χ4n) is 1.32. The topological polar surface area (TPSA) is 89.3 Å². The third kappa shape index (κ3) is 2.47. The summed E-state index contributed by atoms with van der Waals surface area (Å²) >= 11 is 0. The van der Waals surface area contributed by atoms with Crippen molar-refractivity contribution in [3.63, 3.8) is 0 Å². The molecule has 4 nitrogen and oxygen atoms in total. The molecule has 76 valence electrons. The molecular weight excluding hydrogens is 180 g/mol. The molecule has 0 heterocycles. The fourth-order valence-corrected chi connectivity index (χ4v) is 1.32. The Morgan fingerprint density at radius 2 is 2.21 bits per heavy atom. The highest BCUT2D eigenvalue weighted by Crippen LogP contribution is 2.15. The Morgan fingerprint density at radius 1 is 1.57 bits per heavy atom. The second-order valence-corrected chi connectivity index (χ2v) is 3.40. The number of nitrogen functional groups attached to an aromatic ring is 1. The maximum atomic E-state index is 10.9. The molecule has 1 rings (SSSR count). The van der Waals surface area contributed by atoms with Gasteiger partial charge in [0.1, 0.15) is 0 Å². The molecule has 1 atom stereocenters. The van der Waals surface area contributed by atoms with Gasteiger partial charge < -0.3 is 16.6 Å². The molecule has 1 aromatic carbocycles. The van der Waals surface area contributed by atoms with Crippen molar-refractivity contribution in [2.24, 2.45) is 5.73 Å². The van der Waals surface area contributed by atoms with Crippen LogP contribution < -0.4 is 11.5 Å². The lowest BCUT2D eigenvalue weighted by Gasteiger charge is -2.09. The van der Waals surface area contributed by atoms with Crippen LogP contribution in [0.25, 0.3) is 0 Å². The molecule has 14 heavy (non-hydrogen) atoms. The third-order valence-electron chi connectivity index (χ3n) is 1.91. The third-order valence-corrected chi connectivity index (χ3v) is 1.91. The molecule has 0 bridgehead atoms. The van der Waals surface area contributed by atoms with E-state index in [2.05, 4.69) is 0 Å². The Balaban J connectivity index is 3.08. The molecule has 0 amide bonds. The summed E-state index contributed by atoms with van der Waals surface area (Å²) in [6.45, 7) is 1.84. The van der Waals surface area contributed by atoms with E-state index in [1.54, 1.807) is 12.1 Å². The molecule has 4 heteroatoms. The summed E-state index contributed by atoms with van der Waals surface area (Å²) < 4.78 is 0. The van der Waals surface area contributed by atoms with Crippen LogP contribution in [0.15, 0.2) is 18.2 Å². The second-order valence-electron chi connectivity index (χ2n) is 3.40. The van der Waals surface area contributed by atoms with Gasteiger partial charge in [-0.3, -0.25) is 0 Å². The largest absolute Gasteiger partial charge is 0.478 e. The second kappa shape index (κ2) is 4.11. The highest BCUT2D eigenvalue weighted by molar-refractivity contribution is 5.90. The zero-order valence-electron chi connectivity index (χ0n) is 8.03. The highest BCUT2D eigenvalue weighted by atomic mass is 16.4. The maximum absolute atomic E-state index is 10.9. The van der Waals surface area contributed by atoms with Crippen LogP contribution in [0.5, 0.6) is 0 Å². The normalized spacial score (nSPS) is 12.4. The van der Waals surface area contributed by atoms with E-state index in [-0.39, 0.29) is 11.6 Å². The summed E-state index contributed by atoms with van der Waals surface area (Å²) in [4.78, 5) is 10.9.